The molecule has 48 heavy (non-hydrogen) atoms. The van der Waals surface area contributed by atoms with Crippen LogP contribution in [0.4, 0.5) is 0 Å². The summed E-state index contributed by atoms with van der Waals surface area (Å²) < 4.78 is 54.0. The molecule has 0 amide bonds. The van der Waals surface area contributed by atoms with Gasteiger partial charge < -0.3 is 23.7 Å². The number of esters is 2. The van der Waals surface area contributed by atoms with Crippen LogP contribution in [-0.2, 0) is 19.3 Å². The van der Waals surface area contributed by atoms with Crippen LogP contribution in [0.2, 0.25) is 0 Å². The van der Waals surface area contributed by atoms with Crippen LogP contribution >= 0.6 is 0 Å². The van der Waals surface area contributed by atoms with Gasteiger partial charge in [-0.25, -0.2) is 18.0 Å². The monoisotopic (exact) mass is 672 g/mol. The number of ether oxygens (including phenoxy) is 5. The SMILES string of the molecule is Cc1ccc(C(=O)Oc2ccc(S(=O)(=O)c3ccc(OC(=O)c4ccc(OCCCCCCOCC5(C)COC5)cc4)cc3)cc2)cc1. The van der Waals surface area contributed by atoms with E-state index in [9.17, 15) is 18.0 Å². The van der Waals surface area contributed by atoms with Gasteiger partial charge in [0.1, 0.15) is 17.2 Å². The number of carbonyl (C=O) groups excluding carboxylic acids is 2. The van der Waals surface area contributed by atoms with Crippen molar-refractivity contribution in [3.05, 3.63) is 114 Å². The van der Waals surface area contributed by atoms with Crippen molar-refractivity contribution in [3.63, 3.8) is 0 Å². The van der Waals surface area contributed by atoms with E-state index in [4.69, 9.17) is 23.7 Å². The molecule has 1 fully saturated rings. The van der Waals surface area contributed by atoms with Gasteiger partial charge in [-0.15, -0.1) is 0 Å². The van der Waals surface area contributed by atoms with E-state index in [1.807, 2.05) is 19.1 Å². The third-order valence-corrected chi connectivity index (χ3v) is 9.66. The molecule has 0 aromatic heterocycles. The zero-order valence-electron chi connectivity index (χ0n) is 27.2. The average Bonchev–Trinajstić information content (AvgIpc) is 3.07. The van der Waals surface area contributed by atoms with Gasteiger partial charge in [0.2, 0.25) is 9.84 Å². The maximum atomic E-state index is 13.2. The second kappa shape index (κ2) is 16.1. The van der Waals surface area contributed by atoms with E-state index in [1.54, 1.807) is 36.4 Å². The Bertz CT molecular complexity index is 1760. The van der Waals surface area contributed by atoms with Crippen LogP contribution in [0.15, 0.2) is 107 Å². The Labute approximate surface area is 281 Å². The van der Waals surface area contributed by atoms with Gasteiger partial charge in [-0.05, 0) is 111 Å². The Hall–Kier alpha value is -4.51. The highest BCUT2D eigenvalue weighted by atomic mass is 32.2. The lowest BCUT2D eigenvalue weighted by molar-refractivity contribution is -0.137. The number of sulfone groups is 1. The fraction of sp³-hybridized carbons (Fsp3) is 0.316. The molecule has 0 radical (unpaired) electrons. The lowest BCUT2D eigenvalue weighted by atomic mass is 9.90. The van der Waals surface area contributed by atoms with Crippen molar-refractivity contribution < 1.29 is 41.7 Å². The van der Waals surface area contributed by atoms with Crippen LogP contribution < -0.4 is 14.2 Å². The van der Waals surface area contributed by atoms with Gasteiger partial charge in [-0.2, -0.15) is 0 Å². The zero-order valence-corrected chi connectivity index (χ0v) is 28.0. The number of rotatable bonds is 16. The molecular weight excluding hydrogens is 632 g/mol. The highest BCUT2D eigenvalue weighted by molar-refractivity contribution is 7.91. The molecule has 1 saturated heterocycles. The number of unbranched alkanes of at least 4 members (excludes halogenated alkanes) is 3. The first kappa shape index (κ1) is 34.8. The molecule has 4 aromatic rings. The molecule has 0 bridgehead atoms. The van der Waals surface area contributed by atoms with Gasteiger partial charge in [-0.3, -0.25) is 0 Å². The van der Waals surface area contributed by atoms with E-state index < -0.39 is 21.8 Å². The third-order valence-electron chi connectivity index (χ3n) is 7.87. The molecule has 0 saturated carbocycles. The minimum Gasteiger partial charge on any atom is -0.494 e. The van der Waals surface area contributed by atoms with E-state index >= 15 is 0 Å². The van der Waals surface area contributed by atoms with Crippen molar-refractivity contribution in [2.75, 3.05) is 33.0 Å². The minimum absolute atomic E-state index is 0.0235. The Balaban J connectivity index is 1.03. The molecule has 1 aliphatic rings. The molecule has 10 heteroatoms. The molecule has 0 aliphatic carbocycles. The Morgan fingerprint density at radius 1 is 0.646 bits per heavy atom. The van der Waals surface area contributed by atoms with E-state index in [-0.39, 0.29) is 26.7 Å². The second-order valence-electron chi connectivity index (χ2n) is 12.2. The van der Waals surface area contributed by atoms with Crippen LogP contribution in [0.3, 0.4) is 0 Å². The number of hydrogen-bond donors (Lipinski definition) is 0. The normalized spacial score (nSPS) is 13.7. The standard InChI is InChI=1S/C38H40O9S/c1-28-7-9-29(10-8-28)36(39)46-32-15-19-34(20-16-32)48(41,42)35-21-17-33(18-22-35)47-37(40)30-11-13-31(14-12-30)45-24-6-4-3-5-23-43-25-38(2)26-44-27-38/h7-22H,3-6,23-27H2,1-2H3. The molecule has 252 valence electrons. The summed E-state index contributed by atoms with van der Waals surface area (Å²) >= 11 is 0. The van der Waals surface area contributed by atoms with Crippen LogP contribution in [0, 0.1) is 12.3 Å². The van der Waals surface area contributed by atoms with Crippen molar-refractivity contribution >= 4 is 21.8 Å². The molecule has 0 spiro atoms. The topological polar surface area (TPSA) is 114 Å². The van der Waals surface area contributed by atoms with Gasteiger partial charge in [0.25, 0.3) is 0 Å². The molecule has 4 aromatic carbocycles. The summed E-state index contributed by atoms with van der Waals surface area (Å²) in [5.41, 5.74) is 1.94. The number of carbonyl (C=O) groups is 2. The molecule has 1 heterocycles. The molecule has 0 unspecified atom stereocenters. The summed E-state index contributed by atoms with van der Waals surface area (Å²) in [6, 6.07) is 24.8. The van der Waals surface area contributed by atoms with E-state index in [1.165, 1.54) is 48.5 Å². The fourth-order valence-electron chi connectivity index (χ4n) is 4.92. The van der Waals surface area contributed by atoms with E-state index in [0.717, 1.165) is 57.7 Å². The molecule has 9 nitrogen and oxygen atoms in total. The summed E-state index contributed by atoms with van der Waals surface area (Å²) in [6.45, 7) is 7.77. The van der Waals surface area contributed by atoms with Crippen LogP contribution in [-0.4, -0.2) is 53.4 Å². The smallest absolute Gasteiger partial charge is 0.343 e. The maximum Gasteiger partial charge on any atom is 0.343 e. The van der Waals surface area contributed by atoms with Crippen molar-refractivity contribution in [2.24, 2.45) is 5.41 Å². The summed E-state index contributed by atoms with van der Waals surface area (Å²) in [6.07, 6.45) is 4.08. The van der Waals surface area contributed by atoms with Crippen molar-refractivity contribution in [3.8, 4) is 17.2 Å². The Morgan fingerprint density at radius 2 is 1.10 bits per heavy atom. The molecule has 1 aliphatic heterocycles. The summed E-state index contributed by atoms with van der Waals surface area (Å²) in [5, 5.41) is 0. The van der Waals surface area contributed by atoms with Gasteiger partial charge in [-0.1, -0.05) is 31.0 Å². The predicted octanol–water partition coefficient (Wildman–Crippen LogP) is 7.26. The second-order valence-corrected chi connectivity index (χ2v) is 14.2. The number of aryl methyl sites for hydroxylation is 1. The quantitative estimate of drug-likeness (QED) is 0.0689. The average molecular weight is 673 g/mol. The minimum atomic E-state index is -3.87. The van der Waals surface area contributed by atoms with Crippen molar-refractivity contribution in [1.82, 2.24) is 0 Å². The van der Waals surface area contributed by atoms with E-state index in [2.05, 4.69) is 6.92 Å². The highest BCUT2D eigenvalue weighted by Gasteiger charge is 2.33. The Kier molecular flexibility index (Phi) is 11.6. The fourth-order valence-corrected chi connectivity index (χ4v) is 6.18. The Morgan fingerprint density at radius 3 is 1.58 bits per heavy atom. The first-order valence-electron chi connectivity index (χ1n) is 16.0. The van der Waals surface area contributed by atoms with Crippen molar-refractivity contribution in [2.45, 2.75) is 49.3 Å². The van der Waals surface area contributed by atoms with Crippen LogP contribution in [0.5, 0.6) is 17.2 Å². The summed E-state index contributed by atoms with van der Waals surface area (Å²) in [7, 11) is -3.87. The molecule has 0 N–H and O–H groups in total. The van der Waals surface area contributed by atoms with Gasteiger partial charge in [0.15, 0.2) is 0 Å². The van der Waals surface area contributed by atoms with Crippen molar-refractivity contribution in [1.29, 1.82) is 0 Å². The van der Waals surface area contributed by atoms with Gasteiger partial charge in [0.05, 0.1) is 47.3 Å². The summed E-state index contributed by atoms with van der Waals surface area (Å²) in [4.78, 5) is 25.1. The lowest BCUT2D eigenvalue weighted by Crippen LogP contribution is -2.43. The largest absolute Gasteiger partial charge is 0.494 e. The van der Waals surface area contributed by atoms with Crippen LogP contribution in [0.1, 0.15) is 58.9 Å². The van der Waals surface area contributed by atoms with Crippen LogP contribution in [0.25, 0.3) is 0 Å². The first-order valence-corrected chi connectivity index (χ1v) is 17.4. The predicted molar refractivity (Wildman–Crippen MR) is 180 cm³/mol. The van der Waals surface area contributed by atoms with Gasteiger partial charge in [0, 0.05) is 12.0 Å². The molecular formula is C38H40O9S. The first-order chi connectivity index (χ1) is 23.1. The number of benzene rings is 4. The lowest BCUT2D eigenvalue weighted by Gasteiger charge is -2.37. The zero-order chi connectivity index (χ0) is 34.0. The number of hydrogen-bond acceptors (Lipinski definition) is 9. The van der Waals surface area contributed by atoms with Gasteiger partial charge >= 0.3 is 11.9 Å². The third kappa shape index (κ3) is 9.53. The molecule has 5 rings (SSSR count). The molecule has 0 atom stereocenters. The highest BCUT2D eigenvalue weighted by Crippen LogP contribution is 2.27. The van der Waals surface area contributed by atoms with E-state index in [0.29, 0.717) is 23.5 Å². The summed E-state index contributed by atoms with van der Waals surface area (Å²) in [5.74, 6) is -0.0238. The maximum absolute atomic E-state index is 13.2.